The molecule has 6 aromatic rings. The average molecular weight is 694 g/mol. The van der Waals surface area contributed by atoms with Gasteiger partial charge in [0.05, 0.1) is 23.2 Å². The fourth-order valence-electron chi connectivity index (χ4n) is 7.71. The molecule has 2 aliphatic heterocycles. The summed E-state index contributed by atoms with van der Waals surface area (Å²) in [6, 6.07) is 9.11. The monoisotopic (exact) mass is 693 g/mol. The van der Waals surface area contributed by atoms with Gasteiger partial charge in [-0.05, 0) is 61.5 Å². The quantitative estimate of drug-likeness (QED) is 0.206. The van der Waals surface area contributed by atoms with Gasteiger partial charge < -0.3 is 24.3 Å². The molecule has 2 N–H and O–H groups in total. The molecule has 260 valence electrons. The van der Waals surface area contributed by atoms with Crippen LogP contribution in [0.15, 0.2) is 58.1 Å². The lowest BCUT2D eigenvalue weighted by Crippen LogP contribution is -2.43. The molecule has 2 atom stereocenters. The highest BCUT2D eigenvalue weighted by atomic mass is 19.1. The third-order valence-electron chi connectivity index (χ3n) is 10.0. The summed E-state index contributed by atoms with van der Waals surface area (Å²) in [6.07, 6.45) is 10.0. The normalized spacial score (nSPS) is 18.8. The lowest BCUT2D eigenvalue weighted by atomic mass is 9.95. The van der Waals surface area contributed by atoms with Gasteiger partial charge in [0, 0.05) is 48.8 Å². The van der Waals surface area contributed by atoms with Gasteiger partial charge in [0.25, 0.3) is 0 Å². The molecule has 14 heteroatoms. The van der Waals surface area contributed by atoms with Gasteiger partial charge in [-0.2, -0.15) is 15.1 Å². The van der Waals surface area contributed by atoms with Crippen LogP contribution in [0.4, 0.5) is 14.6 Å². The number of hydrogen-bond donors (Lipinski definition) is 2. The Morgan fingerprint density at radius 1 is 1.22 bits per heavy atom. The summed E-state index contributed by atoms with van der Waals surface area (Å²) in [5.41, 5.74) is 0.815. The molecule has 0 aliphatic carbocycles. The molecule has 0 amide bonds. The van der Waals surface area contributed by atoms with E-state index >= 15 is 0 Å². The zero-order chi connectivity index (χ0) is 35.4. The molecule has 0 bridgehead atoms. The van der Waals surface area contributed by atoms with Gasteiger partial charge in [-0.25, -0.2) is 23.1 Å². The Labute approximate surface area is 289 Å². The highest BCUT2D eigenvalue weighted by molar-refractivity contribution is 6.03. The minimum absolute atomic E-state index is 0.0214. The number of aliphatic hydroxyl groups excluding tert-OH is 1. The zero-order valence-corrected chi connectivity index (χ0v) is 27.6. The van der Waals surface area contributed by atoms with Crippen molar-refractivity contribution in [2.24, 2.45) is 0 Å². The van der Waals surface area contributed by atoms with E-state index in [1.165, 1.54) is 30.6 Å². The number of phenolic OH excluding ortho intramolecular Hbond substituents is 1. The van der Waals surface area contributed by atoms with Crippen molar-refractivity contribution in [1.29, 1.82) is 0 Å². The highest BCUT2D eigenvalue weighted by Crippen LogP contribution is 2.42. The van der Waals surface area contributed by atoms with Crippen LogP contribution < -0.4 is 15.3 Å². The molecule has 2 saturated heterocycles. The summed E-state index contributed by atoms with van der Waals surface area (Å²) < 4.78 is 43.5. The third kappa shape index (κ3) is 5.58. The fourth-order valence-corrected chi connectivity index (χ4v) is 7.71. The van der Waals surface area contributed by atoms with E-state index in [1.807, 2.05) is 6.07 Å². The van der Waals surface area contributed by atoms with Crippen LogP contribution in [0, 0.1) is 25.1 Å². The number of alkyl halides is 1. The van der Waals surface area contributed by atoms with Crippen LogP contribution in [0.1, 0.15) is 36.0 Å². The van der Waals surface area contributed by atoms with Crippen LogP contribution in [0.25, 0.3) is 38.6 Å². The first-order valence-electron chi connectivity index (χ1n) is 16.6. The van der Waals surface area contributed by atoms with Gasteiger partial charge in [0.15, 0.2) is 11.5 Å². The van der Waals surface area contributed by atoms with Gasteiger partial charge in [-0.3, -0.25) is 4.90 Å². The first kappa shape index (κ1) is 32.5. The molecule has 12 nitrogen and oxygen atoms in total. The van der Waals surface area contributed by atoms with Crippen molar-refractivity contribution < 1.29 is 28.1 Å². The number of aryl methyl sites for hydroxylation is 1. The number of terminal acetylenes is 1. The number of aliphatic hydroxyl groups is 1. The third-order valence-corrected chi connectivity index (χ3v) is 10.0. The number of aromatic nitrogens is 5. The number of hydrogen-bond acceptors (Lipinski definition) is 11. The van der Waals surface area contributed by atoms with E-state index in [9.17, 15) is 23.8 Å². The van der Waals surface area contributed by atoms with Crippen LogP contribution in [-0.2, 0) is 6.54 Å². The van der Waals surface area contributed by atoms with Crippen molar-refractivity contribution in [3.05, 3.63) is 81.9 Å². The van der Waals surface area contributed by atoms with E-state index in [0.29, 0.717) is 29.6 Å². The molecule has 0 unspecified atom stereocenters. The predicted molar refractivity (Wildman–Crippen MR) is 185 cm³/mol. The number of anilines is 1. The second kappa shape index (κ2) is 12.6. The van der Waals surface area contributed by atoms with E-state index in [4.69, 9.17) is 25.5 Å². The molecule has 2 aromatic carbocycles. The lowest BCUT2D eigenvalue weighted by molar-refractivity contribution is 0.107. The average Bonchev–Trinajstić information content (AvgIpc) is 3.82. The molecule has 0 saturated carbocycles. The minimum Gasteiger partial charge on any atom is -0.508 e. The summed E-state index contributed by atoms with van der Waals surface area (Å²) in [5.74, 6) is 1.76. The highest BCUT2D eigenvalue weighted by Gasteiger charge is 2.49. The van der Waals surface area contributed by atoms with Crippen LogP contribution >= 0.6 is 0 Å². The topological polar surface area (TPSA) is 142 Å². The maximum Gasteiger partial charge on any atom is 0.349 e. The number of ether oxygens (including phenoxy) is 1. The number of pyridine rings is 1. The van der Waals surface area contributed by atoms with Gasteiger partial charge in [-0.15, -0.1) is 6.42 Å². The second-order valence-electron chi connectivity index (χ2n) is 13.2. The molecule has 51 heavy (non-hydrogen) atoms. The summed E-state index contributed by atoms with van der Waals surface area (Å²) in [7, 11) is 0. The molecule has 2 fully saturated rings. The van der Waals surface area contributed by atoms with Gasteiger partial charge in [0.1, 0.15) is 41.8 Å². The summed E-state index contributed by atoms with van der Waals surface area (Å²) >= 11 is 0. The van der Waals surface area contributed by atoms with E-state index in [0.717, 1.165) is 24.9 Å². The van der Waals surface area contributed by atoms with Crippen LogP contribution in [0.2, 0.25) is 0 Å². The zero-order valence-electron chi connectivity index (χ0n) is 27.6. The van der Waals surface area contributed by atoms with Gasteiger partial charge >= 0.3 is 11.6 Å². The lowest BCUT2D eigenvalue weighted by Gasteiger charge is -2.31. The summed E-state index contributed by atoms with van der Waals surface area (Å²) in [6.45, 7) is 2.93. The number of halogens is 2. The number of aromatic hydroxyl groups is 1. The number of phenols is 1. The standard InChI is InChI=1S/C37H33F2N7O5/c1-3-26-28(39)7-6-23-13-25(48)14-27(30(23)26)33-21(2)32-31(35(49)51-33)34(44(11-12-47)16-22-5-8-29-40-20-41-46(29)17-22)43-36(42-32)50-19-37-9-4-10-45(37)18-24(38)15-37/h1,5-8,13-14,17,20,24,47-48H,4,9-12,15-16,18-19H2,2H3/t24-,37+/m1/s1. The number of nitrogens with zero attached hydrogens (tertiary/aromatic N) is 7. The van der Waals surface area contributed by atoms with Crippen molar-refractivity contribution in [3.63, 3.8) is 0 Å². The van der Waals surface area contributed by atoms with E-state index in [-0.39, 0.29) is 77.1 Å². The van der Waals surface area contributed by atoms with Crippen molar-refractivity contribution >= 4 is 33.1 Å². The minimum atomic E-state index is -0.964. The summed E-state index contributed by atoms with van der Waals surface area (Å²) in [5, 5.41) is 25.8. The number of benzene rings is 2. The predicted octanol–water partition coefficient (Wildman–Crippen LogP) is 4.53. The van der Waals surface area contributed by atoms with Crippen molar-refractivity contribution in [2.75, 3.05) is 37.7 Å². The maximum absolute atomic E-state index is 15.0. The summed E-state index contributed by atoms with van der Waals surface area (Å²) in [4.78, 5) is 31.6. The van der Waals surface area contributed by atoms with Crippen LogP contribution in [0.5, 0.6) is 11.8 Å². The Bertz CT molecular complexity index is 2440. The Kier molecular flexibility index (Phi) is 8.04. The molecule has 8 rings (SSSR count). The van der Waals surface area contributed by atoms with E-state index in [1.54, 1.807) is 28.6 Å². The second-order valence-corrected chi connectivity index (χ2v) is 13.2. The van der Waals surface area contributed by atoms with Crippen molar-refractivity contribution in [3.8, 4) is 35.4 Å². The Hall–Kier alpha value is -5.65. The molecule has 6 heterocycles. The van der Waals surface area contributed by atoms with Crippen LogP contribution in [0.3, 0.4) is 0 Å². The first-order valence-corrected chi connectivity index (χ1v) is 16.6. The van der Waals surface area contributed by atoms with Crippen molar-refractivity contribution in [2.45, 2.75) is 44.4 Å². The SMILES string of the molecule is C#Cc1c(F)ccc2cc(O)cc(-c3oc(=O)c4c(N(CCO)Cc5ccc6ncnn6c5)nc(OC[C@@]56CCCN5C[C@H](F)C6)nc4c3C)c12. The Morgan fingerprint density at radius 3 is 2.90 bits per heavy atom. The number of rotatable bonds is 9. The molecule has 4 aromatic heterocycles. The smallest absolute Gasteiger partial charge is 0.349 e. The molecule has 0 radical (unpaired) electrons. The van der Waals surface area contributed by atoms with Gasteiger partial charge in [-0.1, -0.05) is 18.1 Å². The van der Waals surface area contributed by atoms with Gasteiger partial charge in [0.2, 0.25) is 0 Å². The van der Waals surface area contributed by atoms with E-state index < -0.39 is 23.2 Å². The van der Waals surface area contributed by atoms with Crippen molar-refractivity contribution in [1.82, 2.24) is 29.5 Å². The Morgan fingerprint density at radius 2 is 2.08 bits per heavy atom. The first-order chi connectivity index (χ1) is 24.7. The molecule has 2 aliphatic rings. The number of fused-ring (bicyclic) bond motifs is 4. The van der Waals surface area contributed by atoms with Crippen LogP contribution in [-0.4, -0.2) is 84.2 Å². The fraction of sp³-hybridized carbons (Fsp3) is 0.324. The molecular weight excluding hydrogens is 660 g/mol. The maximum atomic E-state index is 15.0. The largest absolute Gasteiger partial charge is 0.508 e. The molecule has 0 spiro atoms. The Balaban J connectivity index is 1.32. The van der Waals surface area contributed by atoms with E-state index in [2.05, 4.69) is 20.9 Å². The molecular formula is C37H33F2N7O5.